The summed E-state index contributed by atoms with van der Waals surface area (Å²) in [5.41, 5.74) is 3.23. The predicted octanol–water partition coefficient (Wildman–Crippen LogP) is 5.68. The molecule has 1 saturated heterocycles. The maximum atomic E-state index is 13.1. The average Bonchev–Trinajstić information content (AvgIpc) is 3.38. The van der Waals surface area contributed by atoms with Gasteiger partial charge in [0.2, 0.25) is 11.9 Å². The normalized spacial score (nSPS) is 14.1. The zero-order valence-electron chi connectivity index (χ0n) is 20.0. The number of rotatable bonds is 5. The van der Waals surface area contributed by atoms with Crippen LogP contribution in [-0.2, 0) is 10.9 Å². The highest BCUT2D eigenvalue weighted by Gasteiger charge is 2.30. The molecule has 2 N–H and O–H groups in total. The first-order valence-electron chi connectivity index (χ1n) is 12.0. The summed E-state index contributed by atoms with van der Waals surface area (Å²) in [5.74, 6) is 1.75. The second-order valence-electron chi connectivity index (χ2n) is 8.76. The molecule has 192 valence electrons. The molecule has 38 heavy (non-hydrogen) atoms. The molecule has 0 atom stereocenters. The Kier molecular flexibility index (Phi) is 6.12. The van der Waals surface area contributed by atoms with Crippen LogP contribution in [0.15, 0.2) is 72.8 Å². The molecule has 0 amide bonds. The van der Waals surface area contributed by atoms with Crippen molar-refractivity contribution in [1.82, 2.24) is 24.9 Å². The van der Waals surface area contributed by atoms with Gasteiger partial charge < -0.3 is 19.9 Å². The lowest BCUT2D eigenvalue weighted by Gasteiger charge is -2.27. The standard InChI is InChI=1S/C27H22F3N7O/c28-27(29,30)19-9-5-17(6-10-19)24-34-25(36-26(35-24)37-13-15-38-16-14-37)31-20-11-7-18(8-12-20)23-32-21-3-1-2-4-22(21)33-23/h1-12H,13-16H2,(H,32,33)(H,31,34,35,36). The van der Waals surface area contributed by atoms with Gasteiger partial charge in [0.25, 0.3) is 0 Å². The maximum absolute atomic E-state index is 13.1. The monoisotopic (exact) mass is 517 g/mol. The first-order chi connectivity index (χ1) is 18.4. The highest BCUT2D eigenvalue weighted by Crippen LogP contribution is 2.31. The van der Waals surface area contributed by atoms with Gasteiger partial charge in [0, 0.05) is 29.9 Å². The molecule has 0 unspecified atom stereocenters. The fraction of sp³-hybridized carbons (Fsp3) is 0.185. The van der Waals surface area contributed by atoms with Crippen LogP contribution in [0.5, 0.6) is 0 Å². The Bertz CT molecular complexity index is 1530. The van der Waals surface area contributed by atoms with Gasteiger partial charge in [0.1, 0.15) is 5.82 Å². The molecule has 0 radical (unpaired) electrons. The third-order valence-corrected chi connectivity index (χ3v) is 6.19. The number of nitrogens with zero attached hydrogens (tertiary/aromatic N) is 5. The minimum absolute atomic E-state index is 0.275. The number of hydrogen-bond donors (Lipinski definition) is 2. The average molecular weight is 518 g/mol. The lowest BCUT2D eigenvalue weighted by molar-refractivity contribution is -0.137. The van der Waals surface area contributed by atoms with Crippen molar-refractivity contribution in [1.29, 1.82) is 0 Å². The lowest BCUT2D eigenvalue weighted by atomic mass is 10.1. The molecule has 3 heterocycles. The van der Waals surface area contributed by atoms with Gasteiger partial charge in [-0.2, -0.15) is 28.1 Å². The van der Waals surface area contributed by atoms with Crippen molar-refractivity contribution >= 4 is 28.6 Å². The first-order valence-corrected chi connectivity index (χ1v) is 12.0. The van der Waals surface area contributed by atoms with Crippen molar-refractivity contribution in [2.24, 2.45) is 0 Å². The molecule has 1 aliphatic heterocycles. The second-order valence-corrected chi connectivity index (χ2v) is 8.76. The van der Waals surface area contributed by atoms with Crippen LogP contribution in [0.4, 0.5) is 30.8 Å². The predicted molar refractivity (Wildman–Crippen MR) is 138 cm³/mol. The number of aromatic nitrogens is 5. The number of fused-ring (bicyclic) bond motifs is 1. The Morgan fingerprint density at radius 3 is 2.21 bits per heavy atom. The van der Waals surface area contributed by atoms with E-state index in [1.165, 1.54) is 12.1 Å². The Labute approximate surface area is 215 Å². The van der Waals surface area contributed by atoms with Crippen molar-refractivity contribution in [3.8, 4) is 22.8 Å². The second kappa shape index (κ2) is 9.75. The van der Waals surface area contributed by atoms with E-state index in [2.05, 4.69) is 30.2 Å². The summed E-state index contributed by atoms with van der Waals surface area (Å²) in [6.07, 6.45) is -4.42. The van der Waals surface area contributed by atoms with Gasteiger partial charge in [-0.05, 0) is 48.5 Å². The summed E-state index contributed by atoms with van der Waals surface area (Å²) < 4.78 is 44.6. The highest BCUT2D eigenvalue weighted by atomic mass is 19.4. The Balaban J connectivity index is 1.30. The smallest absolute Gasteiger partial charge is 0.378 e. The van der Waals surface area contributed by atoms with Gasteiger partial charge in [-0.25, -0.2) is 4.98 Å². The van der Waals surface area contributed by atoms with Crippen LogP contribution >= 0.6 is 0 Å². The highest BCUT2D eigenvalue weighted by molar-refractivity contribution is 5.79. The van der Waals surface area contributed by atoms with Gasteiger partial charge in [-0.1, -0.05) is 24.3 Å². The van der Waals surface area contributed by atoms with Crippen LogP contribution in [-0.4, -0.2) is 51.2 Å². The van der Waals surface area contributed by atoms with Crippen LogP contribution in [0, 0.1) is 0 Å². The molecular weight excluding hydrogens is 495 g/mol. The molecule has 1 fully saturated rings. The van der Waals surface area contributed by atoms with E-state index in [1.807, 2.05) is 53.4 Å². The Morgan fingerprint density at radius 2 is 1.50 bits per heavy atom. The largest absolute Gasteiger partial charge is 0.416 e. The molecule has 0 saturated carbocycles. The zero-order chi connectivity index (χ0) is 26.1. The summed E-state index contributed by atoms with van der Waals surface area (Å²) >= 11 is 0. The maximum Gasteiger partial charge on any atom is 0.416 e. The van der Waals surface area contributed by atoms with Crippen LogP contribution in [0.3, 0.4) is 0 Å². The van der Waals surface area contributed by atoms with Crippen molar-refractivity contribution in [2.45, 2.75) is 6.18 Å². The quantitative estimate of drug-likeness (QED) is 0.310. The van der Waals surface area contributed by atoms with Crippen molar-refractivity contribution in [2.75, 3.05) is 36.5 Å². The van der Waals surface area contributed by atoms with E-state index >= 15 is 0 Å². The number of benzene rings is 3. The summed E-state index contributed by atoms with van der Waals surface area (Å²) in [7, 11) is 0. The number of alkyl halides is 3. The number of H-pyrrole nitrogens is 1. The minimum Gasteiger partial charge on any atom is -0.378 e. The number of anilines is 3. The lowest BCUT2D eigenvalue weighted by Crippen LogP contribution is -2.37. The van der Waals surface area contributed by atoms with E-state index in [4.69, 9.17) is 4.74 Å². The number of halogens is 3. The van der Waals surface area contributed by atoms with Gasteiger partial charge in [-0.3, -0.25) is 0 Å². The van der Waals surface area contributed by atoms with Gasteiger partial charge in [-0.15, -0.1) is 0 Å². The molecular formula is C27H22F3N7O. The number of ether oxygens (including phenoxy) is 1. The SMILES string of the molecule is FC(F)(F)c1ccc(-c2nc(Nc3ccc(-c4nc5ccccc5[nH]4)cc3)nc(N3CCOCC3)n2)cc1. The fourth-order valence-corrected chi connectivity index (χ4v) is 4.19. The van der Waals surface area contributed by atoms with Gasteiger partial charge in [0.05, 0.1) is 29.8 Å². The molecule has 5 aromatic rings. The molecule has 11 heteroatoms. The van der Waals surface area contributed by atoms with E-state index in [1.54, 1.807) is 0 Å². The number of nitrogens with one attached hydrogen (secondary N) is 2. The number of hydrogen-bond acceptors (Lipinski definition) is 7. The molecule has 0 aliphatic carbocycles. The third kappa shape index (κ3) is 5.00. The first kappa shape index (κ1) is 23.9. The van der Waals surface area contributed by atoms with Crippen LogP contribution < -0.4 is 10.2 Å². The molecule has 2 aromatic heterocycles. The van der Waals surface area contributed by atoms with E-state index in [0.717, 1.165) is 40.2 Å². The van der Waals surface area contributed by atoms with Crippen molar-refractivity contribution in [3.05, 3.63) is 78.4 Å². The fourth-order valence-electron chi connectivity index (χ4n) is 4.19. The molecule has 3 aromatic carbocycles. The molecule has 0 bridgehead atoms. The topological polar surface area (TPSA) is 91.9 Å². The van der Waals surface area contributed by atoms with E-state index in [0.29, 0.717) is 37.8 Å². The van der Waals surface area contributed by atoms with E-state index in [9.17, 15) is 13.2 Å². The number of para-hydroxylation sites is 2. The molecule has 0 spiro atoms. The van der Waals surface area contributed by atoms with Gasteiger partial charge >= 0.3 is 6.18 Å². The van der Waals surface area contributed by atoms with E-state index in [-0.39, 0.29) is 11.8 Å². The Morgan fingerprint density at radius 1 is 0.789 bits per heavy atom. The van der Waals surface area contributed by atoms with Crippen LogP contribution in [0.25, 0.3) is 33.8 Å². The molecule has 1 aliphatic rings. The number of imidazole rings is 1. The third-order valence-electron chi connectivity index (χ3n) is 6.19. The van der Waals surface area contributed by atoms with E-state index < -0.39 is 11.7 Å². The van der Waals surface area contributed by atoms with Crippen molar-refractivity contribution in [3.63, 3.8) is 0 Å². The summed E-state index contributed by atoms with van der Waals surface area (Å²) in [6.45, 7) is 2.27. The summed E-state index contributed by atoms with van der Waals surface area (Å²) in [5, 5.41) is 3.20. The summed E-state index contributed by atoms with van der Waals surface area (Å²) in [6, 6.07) is 20.2. The summed E-state index contributed by atoms with van der Waals surface area (Å²) in [4.78, 5) is 23.5. The van der Waals surface area contributed by atoms with Crippen molar-refractivity contribution < 1.29 is 17.9 Å². The Hall–Kier alpha value is -4.51. The molecule has 6 rings (SSSR count). The van der Waals surface area contributed by atoms with Crippen LogP contribution in [0.1, 0.15) is 5.56 Å². The van der Waals surface area contributed by atoms with Gasteiger partial charge in [0.15, 0.2) is 5.82 Å². The minimum atomic E-state index is -4.42. The zero-order valence-corrected chi connectivity index (χ0v) is 20.0. The van der Waals surface area contributed by atoms with Crippen LogP contribution in [0.2, 0.25) is 0 Å². The number of morpholine rings is 1. The number of aromatic amines is 1. The molecule has 8 nitrogen and oxygen atoms in total.